The molecule has 1 saturated heterocycles. The second-order valence-corrected chi connectivity index (χ2v) is 6.41. The number of hydrogen-bond donors (Lipinski definition) is 1. The van der Waals surface area contributed by atoms with E-state index in [1.54, 1.807) is 17.5 Å². The predicted octanol–water partition coefficient (Wildman–Crippen LogP) is 1.91. The van der Waals surface area contributed by atoms with E-state index in [1.807, 2.05) is 17.9 Å². The van der Waals surface area contributed by atoms with Gasteiger partial charge < -0.3 is 5.32 Å². The van der Waals surface area contributed by atoms with Crippen LogP contribution in [0.25, 0.3) is 0 Å². The lowest BCUT2D eigenvalue weighted by atomic mass is 10.1. The summed E-state index contributed by atoms with van der Waals surface area (Å²) < 4.78 is 0. The Kier molecular flexibility index (Phi) is 4.74. The summed E-state index contributed by atoms with van der Waals surface area (Å²) in [6, 6.07) is 0.298. The lowest BCUT2D eigenvalue weighted by Crippen LogP contribution is -2.24. The van der Waals surface area contributed by atoms with E-state index in [4.69, 9.17) is 0 Å². The average molecular weight is 317 g/mol. The summed E-state index contributed by atoms with van der Waals surface area (Å²) in [7, 11) is 0. The van der Waals surface area contributed by atoms with E-state index in [0.29, 0.717) is 12.6 Å². The highest BCUT2D eigenvalue weighted by atomic mass is 32.1. The van der Waals surface area contributed by atoms with Gasteiger partial charge in [0.2, 0.25) is 5.91 Å². The first-order valence-corrected chi connectivity index (χ1v) is 8.27. The molecular formula is C15H19N5OS. The molecule has 3 rings (SSSR count). The summed E-state index contributed by atoms with van der Waals surface area (Å²) >= 11 is 1.69. The van der Waals surface area contributed by atoms with Crippen LogP contribution in [0.5, 0.6) is 0 Å². The van der Waals surface area contributed by atoms with Gasteiger partial charge in [-0.25, -0.2) is 0 Å². The van der Waals surface area contributed by atoms with Gasteiger partial charge in [-0.15, -0.1) is 11.3 Å². The second-order valence-electron chi connectivity index (χ2n) is 5.44. The van der Waals surface area contributed by atoms with Crippen molar-refractivity contribution in [1.29, 1.82) is 0 Å². The smallest absolute Gasteiger partial charge is 0.217 e. The number of amides is 1. The average Bonchev–Trinajstić information content (AvgIpc) is 3.18. The molecule has 0 spiro atoms. The van der Waals surface area contributed by atoms with E-state index in [2.05, 4.69) is 25.2 Å². The molecule has 0 radical (unpaired) electrons. The lowest BCUT2D eigenvalue weighted by molar-refractivity contribution is -0.119. The van der Waals surface area contributed by atoms with Gasteiger partial charge in [0, 0.05) is 24.5 Å². The quantitative estimate of drug-likeness (QED) is 0.912. The van der Waals surface area contributed by atoms with E-state index in [1.165, 1.54) is 18.2 Å². The Morgan fingerprint density at radius 1 is 1.41 bits per heavy atom. The fraction of sp³-hybridized carbons (Fsp3) is 0.467. The summed E-state index contributed by atoms with van der Waals surface area (Å²) in [4.78, 5) is 27.8. The van der Waals surface area contributed by atoms with Crippen LogP contribution in [-0.2, 0) is 17.9 Å². The molecule has 0 unspecified atom stereocenters. The van der Waals surface area contributed by atoms with E-state index < -0.39 is 0 Å². The SMILES string of the molecule is CC(=O)NCc1cncc([C@H]2CCCN2Cc2cncs2)n1. The molecule has 1 fully saturated rings. The molecule has 0 aliphatic carbocycles. The van der Waals surface area contributed by atoms with E-state index >= 15 is 0 Å². The third kappa shape index (κ3) is 3.66. The normalized spacial score (nSPS) is 18.5. The predicted molar refractivity (Wildman–Crippen MR) is 84.1 cm³/mol. The van der Waals surface area contributed by atoms with Crippen LogP contribution in [-0.4, -0.2) is 32.3 Å². The number of rotatable bonds is 5. The highest BCUT2D eigenvalue weighted by Gasteiger charge is 2.27. The molecule has 3 heterocycles. The molecule has 1 N–H and O–H groups in total. The molecule has 2 aromatic rings. The largest absolute Gasteiger partial charge is 0.351 e. The highest BCUT2D eigenvalue weighted by Crippen LogP contribution is 2.32. The number of carbonyl (C=O) groups excluding carboxylic acids is 1. The summed E-state index contributed by atoms with van der Waals surface area (Å²) in [6.07, 6.45) is 7.74. The molecule has 2 aromatic heterocycles. The van der Waals surface area contributed by atoms with Gasteiger partial charge in [-0.2, -0.15) is 0 Å². The molecule has 1 aliphatic heterocycles. The topological polar surface area (TPSA) is 71.0 Å². The Morgan fingerprint density at radius 3 is 3.09 bits per heavy atom. The van der Waals surface area contributed by atoms with Crippen LogP contribution < -0.4 is 5.32 Å². The second kappa shape index (κ2) is 6.93. The molecule has 22 heavy (non-hydrogen) atoms. The highest BCUT2D eigenvalue weighted by molar-refractivity contribution is 7.09. The van der Waals surface area contributed by atoms with Crippen LogP contribution in [0.2, 0.25) is 0 Å². The van der Waals surface area contributed by atoms with Gasteiger partial charge in [0.25, 0.3) is 0 Å². The number of hydrogen-bond acceptors (Lipinski definition) is 6. The molecule has 7 heteroatoms. The van der Waals surface area contributed by atoms with Crippen molar-refractivity contribution in [1.82, 2.24) is 25.2 Å². The summed E-state index contributed by atoms with van der Waals surface area (Å²) in [5, 5.41) is 2.77. The lowest BCUT2D eigenvalue weighted by Gasteiger charge is -2.23. The van der Waals surface area contributed by atoms with Crippen molar-refractivity contribution >= 4 is 17.2 Å². The van der Waals surface area contributed by atoms with Crippen molar-refractivity contribution in [3.8, 4) is 0 Å². The number of carbonyl (C=O) groups is 1. The van der Waals surface area contributed by atoms with Crippen molar-refractivity contribution in [2.45, 2.75) is 38.9 Å². The Hall–Kier alpha value is -1.86. The number of nitrogens with one attached hydrogen (secondary N) is 1. The Morgan fingerprint density at radius 2 is 2.32 bits per heavy atom. The van der Waals surface area contributed by atoms with Gasteiger partial charge in [0.15, 0.2) is 0 Å². The first-order chi connectivity index (χ1) is 10.7. The fourth-order valence-electron chi connectivity index (χ4n) is 2.75. The maximum absolute atomic E-state index is 11.0. The Labute approximate surface area is 133 Å². The Bertz CT molecular complexity index is 631. The van der Waals surface area contributed by atoms with Crippen LogP contribution in [0.4, 0.5) is 0 Å². The first kappa shape index (κ1) is 15.1. The zero-order valence-corrected chi connectivity index (χ0v) is 13.3. The third-order valence-electron chi connectivity index (χ3n) is 3.77. The molecule has 1 amide bonds. The molecule has 6 nitrogen and oxygen atoms in total. The molecular weight excluding hydrogens is 298 g/mol. The number of nitrogens with zero attached hydrogens (tertiary/aromatic N) is 4. The maximum Gasteiger partial charge on any atom is 0.217 e. The van der Waals surface area contributed by atoms with Gasteiger partial charge in [-0.05, 0) is 19.4 Å². The van der Waals surface area contributed by atoms with Crippen LogP contribution in [0, 0.1) is 0 Å². The van der Waals surface area contributed by atoms with Crippen LogP contribution >= 0.6 is 11.3 Å². The van der Waals surface area contributed by atoms with Crippen LogP contribution in [0.15, 0.2) is 24.1 Å². The van der Waals surface area contributed by atoms with Crippen LogP contribution in [0.1, 0.15) is 42.1 Å². The third-order valence-corrected chi connectivity index (χ3v) is 4.53. The van der Waals surface area contributed by atoms with Crippen molar-refractivity contribution in [2.75, 3.05) is 6.54 Å². The zero-order chi connectivity index (χ0) is 15.4. The monoisotopic (exact) mass is 317 g/mol. The fourth-order valence-corrected chi connectivity index (χ4v) is 3.37. The van der Waals surface area contributed by atoms with Gasteiger partial charge in [0.05, 0.1) is 41.9 Å². The zero-order valence-electron chi connectivity index (χ0n) is 12.5. The summed E-state index contributed by atoms with van der Waals surface area (Å²) in [6.45, 7) is 3.91. The first-order valence-electron chi connectivity index (χ1n) is 7.39. The number of thiazole rings is 1. The van der Waals surface area contributed by atoms with Gasteiger partial charge in [0.1, 0.15) is 0 Å². The molecule has 0 saturated carbocycles. The standard InChI is InChI=1S/C15H19N5OS/c1-11(21)18-6-12-5-16-8-14(19-12)15-3-2-4-20(15)9-13-7-17-10-22-13/h5,7-8,10,15H,2-4,6,9H2,1H3,(H,18,21)/t15-/m1/s1. The number of aromatic nitrogens is 3. The van der Waals surface area contributed by atoms with Crippen molar-refractivity contribution in [3.05, 3.63) is 40.4 Å². The minimum Gasteiger partial charge on any atom is -0.351 e. The molecule has 116 valence electrons. The summed E-state index contributed by atoms with van der Waals surface area (Å²) in [5.74, 6) is -0.0557. The minimum atomic E-state index is -0.0557. The molecule has 1 atom stereocenters. The number of likely N-dealkylation sites (tertiary alicyclic amines) is 1. The van der Waals surface area contributed by atoms with E-state index in [-0.39, 0.29) is 5.91 Å². The van der Waals surface area contributed by atoms with E-state index in [0.717, 1.165) is 30.9 Å². The summed E-state index contributed by atoms with van der Waals surface area (Å²) in [5.41, 5.74) is 3.66. The molecule has 0 bridgehead atoms. The Balaban J connectivity index is 1.71. The van der Waals surface area contributed by atoms with Gasteiger partial charge >= 0.3 is 0 Å². The van der Waals surface area contributed by atoms with Gasteiger partial charge in [-0.1, -0.05) is 0 Å². The minimum absolute atomic E-state index is 0.0557. The van der Waals surface area contributed by atoms with E-state index in [9.17, 15) is 4.79 Å². The van der Waals surface area contributed by atoms with Gasteiger partial charge in [-0.3, -0.25) is 24.6 Å². The van der Waals surface area contributed by atoms with Crippen molar-refractivity contribution in [3.63, 3.8) is 0 Å². The maximum atomic E-state index is 11.0. The van der Waals surface area contributed by atoms with Crippen molar-refractivity contribution < 1.29 is 4.79 Å². The molecule has 1 aliphatic rings. The molecule has 0 aromatic carbocycles. The van der Waals surface area contributed by atoms with Crippen LogP contribution in [0.3, 0.4) is 0 Å². The van der Waals surface area contributed by atoms with Crippen molar-refractivity contribution in [2.24, 2.45) is 0 Å².